The Balaban J connectivity index is 1.61. The zero-order valence-corrected chi connectivity index (χ0v) is 18.2. The van der Waals surface area contributed by atoms with Gasteiger partial charge in [-0.15, -0.1) is 0 Å². The first-order valence-electron chi connectivity index (χ1n) is 10.2. The number of anilines is 1. The number of rotatable bonds is 5. The van der Waals surface area contributed by atoms with Crippen molar-refractivity contribution in [2.24, 2.45) is 7.05 Å². The SMILES string of the molecule is Cc1nn(C)c(C)c1NC(=O)[C@H](C)OC(=O)CN1C(=O)N(C)C2(CCCCC2)C1=O. The van der Waals surface area contributed by atoms with E-state index in [1.807, 2.05) is 6.92 Å². The lowest BCUT2D eigenvalue weighted by atomic mass is 9.81. The summed E-state index contributed by atoms with van der Waals surface area (Å²) in [5.41, 5.74) is 1.13. The van der Waals surface area contributed by atoms with Crippen LogP contribution in [0.3, 0.4) is 0 Å². The zero-order chi connectivity index (χ0) is 22.2. The number of carbonyl (C=O) groups is 4. The van der Waals surface area contributed by atoms with Crippen molar-refractivity contribution in [2.45, 2.75) is 64.5 Å². The Bertz CT molecular complexity index is 886. The summed E-state index contributed by atoms with van der Waals surface area (Å²) >= 11 is 0. The van der Waals surface area contributed by atoms with Crippen molar-refractivity contribution >= 4 is 29.5 Å². The number of ether oxygens (including phenoxy) is 1. The van der Waals surface area contributed by atoms with Gasteiger partial charge >= 0.3 is 12.0 Å². The fourth-order valence-corrected chi connectivity index (χ4v) is 4.27. The highest BCUT2D eigenvalue weighted by atomic mass is 16.5. The molecular formula is C20H29N5O5. The molecule has 10 nitrogen and oxygen atoms in total. The molecule has 1 aromatic heterocycles. The fourth-order valence-electron chi connectivity index (χ4n) is 4.27. The van der Waals surface area contributed by atoms with Crippen molar-refractivity contribution in [3.05, 3.63) is 11.4 Å². The maximum absolute atomic E-state index is 12.9. The number of nitrogens with zero attached hydrogens (tertiary/aromatic N) is 4. The number of nitrogens with one attached hydrogen (secondary N) is 1. The summed E-state index contributed by atoms with van der Waals surface area (Å²) in [6.07, 6.45) is 2.87. The van der Waals surface area contributed by atoms with E-state index in [1.165, 1.54) is 11.8 Å². The van der Waals surface area contributed by atoms with Crippen LogP contribution in [0, 0.1) is 13.8 Å². The van der Waals surface area contributed by atoms with E-state index in [0.717, 1.165) is 29.9 Å². The van der Waals surface area contributed by atoms with Crippen molar-refractivity contribution in [2.75, 3.05) is 18.9 Å². The van der Waals surface area contributed by atoms with Gasteiger partial charge in [-0.3, -0.25) is 24.0 Å². The lowest BCUT2D eigenvalue weighted by Gasteiger charge is -2.35. The van der Waals surface area contributed by atoms with Gasteiger partial charge in [-0.05, 0) is 33.6 Å². The minimum Gasteiger partial charge on any atom is -0.451 e. The molecule has 4 amide bonds. The van der Waals surface area contributed by atoms with Crippen molar-refractivity contribution in [1.82, 2.24) is 19.6 Å². The predicted molar refractivity (Wildman–Crippen MR) is 108 cm³/mol. The molecule has 0 bridgehead atoms. The van der Waals surface area contributed by atoms with Crippen LogP contribution in [-0.4, -0.2) is 68.6 Å². The first-order valence-corrected chi connectivity index (χ1v) is 10.2. The van der Waals surface area contributed by atoms with Gasteiger partial charge in [-0.2, -0.15) is 5.10 Å². The van der Waals surface area contributed by atoms with Gasteiger partial charge in [-0.1, -0.05) is 19.3 Å². The quantitative estimate of drug-likeness (QED) is 0.572. The van der Waals surface area contributed by atoms with E-state index in [1.54, 1.807) is 25.7 Å². The number of likely N-dealkylation sites (N-methyl/N-ethyl adjacent to an activating group) is 1. The summed E-state index contributed by atoms with van der Waals surface area (Å²) in [6, 6.07) is -0.502. The highest BCUT2D eigenvalue weighted by molar-refractivity contribution is 6.08. The molecule has 30 heavy (non-hydrogen) atoms. The van der Waals surface area contributed by atoms with Crippen LogP contribution < -0.4 is 5.32 Å². The normalized spacial score (nSPS) is 19.4. The van der Waals surface area contributed by atoms with Crippen LogP contribution in [0.5, 0.6) is 0 Å². The Hall–Kier alpha value is -2.91. The maximum atomic E-state index is 12.9. The third kappa shape index (κ3) is 3.66. The topological polar surface area (TPSA) is 114 Å². The summed E-state index contributed by atoms with van der Waals surface area (Å²) < 4.78 is 6.84. The average molecular weight is 419 g/mol. The molecular weight excluding hydrogens is 390 g/mol. The molecule has 0 radical (unpaired) electrons. The second-order valence-electron chi connectivity index (χ2n) is 8.12. The van der Waals surface area contributed by atoms with Gasteiger partial charge in [0.15, 0.2) is 6.10 Å². The highest BCUT2D eigenvalue weighted by Crippen LogP contribution is 2.39. The van der Waals surface area contributed by atoms with Gasteiger partial charge < -0.3 is 15.0 Å². The zero-order valence-electron chi connectivity index (χ0n) is 18.2. The van der Waals surface area contributed by atoms with Crippen LogP contribution in [0.25, 0.3) is 0 Å². The molecule has 1 saturated carbocycles. The summed E-state index contributed by atoms with van der Waals surface area (Å²) in [5, 5.41) is 6.94. The monoisotopic (exact) mass is 419 g/mol. The third-order valence-corrected chi connectivity index (χ3v) is 6.21. The second-order valence-corrected chi connectivity index (χ2v) is 8.12. The first-order chi connectivity index (χ1) is 14.1. The number of esters is 1. The average Bonchev–Trinajstić information content (AvgIpc) is 3.04. The Labute approximate surface area is 175 Å². The minimum absolute atomic E-state index is 0.356. The Morgan fingerprint density at radius 3 is 2.37 bits per heavy atom. The first kappa shape index (κ1) is 21.8. The largest absolute Gasteiger partial charge is 0.451 e. The number of amides is 4. The Morgan fingerprint density at radius 1 is 1.17 bits per heavy atom. The van der Waals surface area contributed by atoms with Crippen molar-refractivity contribution in [1.29, 1.82) is 0 Å². The lowest BCUT2D eigenvalue weighted by molar-refractivity contribution is -0.155. The van der Waals surface area contributed by atoms with E-state index < -0.39 is 36.1 Å². The number of carbonyl (C=O) groups excluding carboxylic acids is 4. The minimum atomic E-state index is -1.09. The van der Waals surface area contributed by atoms with E-state index >= 15 is 0 Å². The van der Waals surface area contributed by atoms with Gasteiger partial charge in [-0.25, -0.2) is 4.79 Å². The number of aromatic nitrogens is 2. The summed E-state index contributed by atoms with van der Waals surface area (Å²) in [7, 11) is 3.37. The maximum Gasteiger partial charge on any atom is 0.327 e. The summed E-state index contributed by atoms with van der Waals surface area (Å²) in [4.78, 5) is 52.8. The molecule has 1 aromatic rings. The van der Waals surface area contributed by atoms with Gasteiger partial charge in [0, 0.05) is 14.1 Å². The van der Waals surface area contributed by atoms with Gasteiger partial charge in [0.2, 0.25) is 0 Å². The molecule has 2 heterocycles. The van der Waals surface area contributed by atoms with E-state index in [9.17, 15) is 19.2 Å². The van der Waals surface area contributed by atoms with Crippen LogP contribution in [-0.2, 0) is 26.2 Å². The van der Waals surface area contributed by atoms with Crippen LogP contribution in [0.2, 0.25) is 0 Å². The van der Waals surface area contributed by atoms with Gasteiger partial charge in [0.25, 0.3) is 11.8 Å². The standard InChI is InChI=1S/C20H29N5O5/c1-12-16(13(2)24(5)22-12)21-17(27)14(3)30-15(26)11-25-18(28)20(23(4)19(25)29)9-7-6-8-10-20/h14H,6-11H2,1-5H3,(H,21,27)/t14-/m0/s1. The lowest BCUT2D eigenvalue weighted by Crippen LogP contribution is -2.49. The van der Waals surface area contributed by atoms with Gasteiger partial charge in [0.1, 0.15) is 12.1 Å². The molecule has 0 aromatic carbocycles. The second kappa shape index (κ2) is 8.08. The van der Waals surface area contributed by atoms with Crippen molar-refractivity contribution in [3.8, 4) is 0 Å². The third-order valence-electron chi connectivity index (χ3n) is 6.21. The number of imide groups is 1. The molecule has 10 heteroatoms. The van der Waals surface area contributed by atoms with Crippen LogP contribution in [0.4, 0.5) is 10.5 Å². The molecule has 164 valence electrons. The molecule has 1 atom stereocenters. The molecule has 2 fully saturated rings. The smallest absolute Gasteiger partial charge is 0.327 e. The van der Waals surface area contributed by atoms with Crippen molar-refractivity contribution in [3.63, 3.8) is 0 Å². The molecule has 1 aliphatic carbocycles. The highest BCUT2D eigenvalue weighted by Gasteiger charge is 2.56. The van der Waals surface area contributed by atoms with Crippen LogP contribution in [0.15, 0.2) is 0 Å². The van der Waals surface area contributed by atoms with E-state index in [-0.39, 0.29) is 5.91 Å². The number of hydrogen-bond acceptors (Lipinski definition) is 6. The van der Waals surface area contributed by atoms with Crippen LogP contribution in [0.1, 0.15) is 50.4 Å². The van der Waals surface area contributed by atoms with Crippen LogP contribution >= 0.6 is 0 Å². The fraction of sp³-hybridized carbons (Fsp3) is 0.650. The summed E-state index contributed by atoms with van der Waals surface area (Å²) in [5.74, 6) is -1.67. The Kier molecular flexibility index (Phi) is 5.87. The van der Waals surface area contributed by atoms with Gasteiger partial charge in [0.05, 0.1) is 17.1 Å². The number of urea groups is 1. The van der Waals surface area contributed by atoms with E-state index in [0.29, 0.717) is 24.2 Å². The van der Waals surface area contributed by atoms with E-state index in [2.05, 4.69) is 10.4 Å². The molecule has 1 spiro atoms. The molecule has 1 N–H and O–H groups in total. The Morgan fingerprint density at radius 2 is 1.80 bits per heavy atom. The molecule has 1 aliphatic heterocycles. The summed E-state index contributed by atoms with van der Waals surface area (Å²) in [6.45, 7) is 4.51. The molecule has 2 aliphatic rings. The van der Waals surface area contributed by atoms with Crippen molar-refractivity contribution < 1.29 is 23.9 Å². The number of hydrogen-bond donors (Lipinski definition) is 1. The molecule has 3 rings (SSSR count). The predicted octanol–water partition coefficient (Wildman–Crippen LogP) is 1.50. The number of aryl methyl sites for hydroxylation is 2. The van der Waals surface area contributed by atoms with E-state index in [4.69, 9.17) is 4.74 Å². The molecule has 1 saturated heterocycles. The molecule has 0 unspecified atom stereocenters.